The Kier molecular flexibility index (Phi) is 6.37. The molecule has 9 heteroatoms. The molecule has 0 saturated carbocycles. The average molecular weight is 418 g/mol. The van der Waals surface area contributed by atoms with Gasteiger partial charge in [0.1, 0.15) is 17.6 Å². The lowest BCUT2D eigenvalue weighted by Gasteiger charge is -2.18. The van der Waals surface area contributed by atoms with Gasteiger partial charge in [0.25, 0.3) is 5.91 Å². The van der Waals surface area contributed by atoms with E-state index in [1.54, 1.807) is 6.07 Å². The summed E-state index contributed by atoms with van der Waals surface area (Å²) in [5.41, 5.74) is -0.0278. The van der Waals surface area contributed by atoms with Gasteiger partial charge in [0.05, 0.1) is 21.7 Å². The van der Waals surface area contributed by atoms with Crippen molar-refractivity contribution in [2.75, 3.05) is 7.05 Å². The molecule has 3 N–H and O–H groups in total. The first kappa shape index (κ1) is 20.9. The normalized spacial score (nSPS) is 11.2. The molecule has 7 nitrogen and oxygen atoms in total. The second kappa shape index (κ2) is 8.53. The number of amides is 1. The van der Waals surface area contributed by atoms with Gasteiger partial charge in [0.2, 0.25) is 0 Å². The van der Waals surface area contributed by atoms with Gasteiger partial charge in [0, 0.05) is 24.7 Å². The highest BCUT2D eigenvalue weighted by Gasteiger charge is 2.22. The fourth-order valence-corrected chi connectivity index (χ4v) is 2.84. The van der Waals surface area contributed by atoms with Crippen molar-refractivity contribution in [3.63, 3.8) is 0 Å². The van der Waals surface area contributed by atoms with Crippen molar-refractivity contribution in [1.29, 1.82) is 10.5 Å². The van der Waals surface area contributed by atoms with Crippen LogP contribution < -0.4 is 0 Å². The Bertz CT molecular complexity index is 1040. The second-order valence-corrected chi connectivity index (χ2v) is 6.55. The number of nitriles is 2. The lowest BCUT2D eigenvalue weighted by atomic mass is 10.1. The van der Waals surface area contributed by atoms with E-state index < -0.39 is 23.0 Å². The molecule has 0 aliphatic heterocycles. The van der Waals surface area contributed by atoms with Crippen LogP contribution in [-0.4, -0.2) is 33.2 Å². The summed E-state index contributed by atoms with van der Waals surface area (Å²) in [6.07, 6.45) is 0. The van der Waals surface area contributed by atoms with Gasteiger partial charge in [0.15, 0.2) is 11.3 Å². The highest BCUT2D eigenvalue weighted by Crippen LogP contribution is 2.35. The second-order valence-electron chi connectivity index (χ2n) is 5.74. The topological polar surface area (TPSA) is 129 Å². The first-order valence-electron chi connectivity index (χ1n) is 7.68. The fourth-order valence-electron chi connectivity index (χ4n) is 2.35. The van der Waals surface area contributed by atoms with Crippen LogP contribution in [0.3, 0.4) is 0 Å². The summed E-state index contributed by atoms with van der Waals surface area (Å²) in [5.74, 6) is -2.02. The van der Waals surface area contributed by atoms with Crippen LogP contribution in [0.1, 0.15) is 16.7 Å². The Labute approximate surface area is 170 Å². The number of likely N-dealkylation sites (N-methyl/N-ethyl adjacent to an activating group) is 1. The molecule has 2 aromatic rings. The van der Waals surface area contributed by atoms with Gasteiger partial charge in [-0.3, -0.25) is 4.79 Å². The lowest BCUT2D eigenvalue weighted by Crippen LogP contribution is -2.28. The van der Waals surface area contributed by atoms with Gasteiger partial charge in [-0.25, -0.2) is 0 Å². The maximum absolute atomic E-state index is 12.6. The van der Waals surface area contributed by atoms with Crippen LogP contribution in [0.25, 0.3) is 5.76 Å². The summed E-state index contributed by atoms with van der Waals surface area (Å²) in [6, 6.07) is 10.0. The monoisotopic (exact) mass is 417 g/mol. The van der Waals surface area contributed by atoms with Crippen molar-refractivity contribution < 1.29 is 20.1 Å². The molecule has 0 bridgehead atoms. The third-order valence-corrected chi connectivity index (χ3v) is 4.39. The van der Waals surface area contributed by atoms with Crippen molar-refractivity contribution in [2.24, 2.45) is 0 Å². The molecule has 142 valence electrons. The predicted molar refractivity (Wildman–Crippen MR) is 103 cm³/mol. The van der Waals surface area contributed by atoms with Crippen LogP contribution in [0.2, 0.25) is 10.0 Å². The molecule has 0 fully saturated rings. The van der Waals surface area contributed by atoms with Crippen molar-refractivity contribution in [1.82, 2.24) is 4.90 Å². The van der Waals surface area contributed by atoms with E-state index in [2.05, 4.69) is 0 Å². The van der Waals surface area contributed by atoms with Gasteiger partial charge in [-0.05, 0) is 30.3 Å². The molecule has 0 radical (unpaired) electrons. The maximum atomic E-state index is 12.6. The predicted octanol–water partition coefficient (Wildman–Crippen LogP) is 3.73. The summed E-state index contributed by atoms with van der Waals surface area (Å²) in [7, 11) is 1.36. The number of aliphatic hydroxyl groups is 1. The van der Waals surface area contributed by atoms with Crippen molar-refractivity contribution in [3.8, 4) is 23.6 Å². The number of aromatic hydroxyl groups is 2. The van der Waals surface area contributed by atoms with Crippen LogP contribution in [-0.2, 0) is 11.3 Å². The van der Waals surface area contributed by atoms with Crippen molar-refractivity contribution in [2.45, 2.75) is 6.54 Å². The van der Waals surface area contributed by atoms with E-state index >= 15 is 0 Å². The molecule has 0 aromatic heterocycles. The molecule has 0 aliphatic carbocycles. The van der Waals surface area contributed by atoms with E-state index in [9.17, 15) is 25.4 Å². The van der Waals surface area contributed by atoms with Crippen molar-refractivity contribution >= 4 is 34.9 Å². The zero-order chi connectivity index (χ0) is 21.0. The van der Waals surface area contributed by atoms with Crippen LogP contribution in [0.4, 0.5) is 0 Å². The molecule has 0 unspecified atom stereocenters. The van der Waals surface area contributed by atoms with Gasteiger partial charge in [-0.2, -0.15) is 10.5 Å². The van der Waals surface area contributed by atoms with Crippen LogP contribution in [0, 0.1) is 22.7 Å². The third kappa shape index (κ3) is 4.29. The Morgan fingerprint density at radius 3 is 2.29 bits per heavy atom. The SMILES string of the molecule is CN(Cc1cc(C#N)ccc1O)C(=O)/C(C#N)=C(\O)c1cc(Cl)c(O)c(Cl)c1. The maximum Gasteiger partial charge on any atom is 0.268 e. The molecule has 28 heavy (non-hydrogen) atoms. The fraction of sp³-hybridized carbons (Fsp3) is 0.105. The van der Waals surface area contributed by atoms with Crippen LogP contribution in [0.15, 0.2) is 35.9 Å². The molecule has 1 amide bonds. The molecule has 2 aromatic carbocycles. The summed E-state index contributed by atoms with van der Waals surface area (Å²) in [4.78, 5) is 13.7. The summed E-state index contributed by atoms with van der Waals surface area (Å²) in [6.45, 7) is -0.115. The van der Waals surface area contributed by atoms with E-state index in [0.717, 1.165) is 17.0 Å². The minimum atomic E-state index is -0.831. The van der Waals surface area contributed by atoms with Gasteiger partial charge in [-0.1, -0.05) is 23.2 Å². The number of phenols is 2. The first-order valence-corrected chi connectivity index (χ1v) is 8.44. The number of hydrogen-bond acceptors (Lipinski definition) is 6. The lowest BCUT2D eigenvalue weighted by molar-refractivity contribution is -0.126. The number of aliphatic hydroxyl groups excluding tert-OH is 1. The van der Waals surface area contributed by atoms with E-state index in [1.165, 1.54) is 25.2 Å². The quantitative estimate of drug-likeness (QED) is 0.394. The number of rotatable bonds is 4. The molecule has 2 rings (SSSR count). The largest absolute Gasteiger partial charge is 0.508 e. The standard InChI is InChI=1S/C19H13Cl2N3O4/c1-24(9-12-4-10(7-22)2-3-16(12)25)19(28)13(8-23)17(26)11-5-14(20)18(27)15(21)6-11/h2-6,25-27H,9H2,1H3/b17-13-. The van der Waals surface area contributed by atoms with Crippen LogP contribution >= 0.6 is 23.2 Å². The van der Waals surface area contributed by atoms with Crippen LogP contribution in [0.5, 0.6) is 11.5 Å². The number of halogens is 2. The van der Waals surface area contributed by atoms with Crippen molar-refractivity contribution in [3.05, 3.63) is 62.6 Å². The third-order valence-electron chi connectivity index (χ3n) is 3.82. The highest BCUT2D eigenvalue weighted by molar-refractivity contribution is 6.37. The summed E-state index contributed by atoms with van der Waals surface area (Å²) in [5, 5.41) is 47.8. The number of hydrogen-bond donors (Lipinski definition) is 3. The molecular weight excluding hydrogens is 405 g/mol. The number of carbonyl (C=O) groups is 1. The summed E-state index contributed by atoms with van der Waals surface area (Å²) < 4.78 is 0. The Balaban J connectivity index is 2.38. The zero-order valence-corrected chi connectivity index (χ0v) is 16.0. The smallest absolute Gasteiger partial charge is 0.268 e. The molecule has 0 saturated heterocycles. The minimum absolute atomic E-state index is 0.0274. The van der Waals surface area contributed by atoms with E-state index in [1.807, 2.05) is 6.07 Å². The Morgan fingerprint density at radius 1 is 1.14 bits per heavy atom. The molecule has 0 aliphatic rings. The average Bonchev–Trinajstić information content (AvgIpc) is 2.67. The minimum Gasteiger partial charge on any atom is -0.508 e. The van der Waals surface area contributed by atoms with Gasteiger partial charge < -0.3 is 20.2 Å². The number of carbonyl (C=O) groups excluding carboxylic acids is 1. The Hall–Kier alpha value is -3.39. The van der Waals surface area contributed by atoms with E-state index in [4.69, 9.17) is 28.5 Å². The first-order chi connectivity index (χ1) is 13.2. The molecular formula is C19H13Cl2N3O4. The van der Waals surface area contributed by atoms with Gasteiger partial charge in [-0.15, -0.1) is 0 Å². The number of nitrogens with zero attached hydrogens (tertiary/aromatic N) is 3. The number of benzene rings is 2. The highest BCUT2D eigenvalue weighted by atomic mass is 35.5. The Morgan fingerprint density at radius 2 is 1.75 bits per heavy atom. The molecule has 0 heterocycles. The van der Waals surface area contributed by atoms with E-state index in [0.29, 0.717) is 11.1 Å². The molecule has 0 spiro atoms. The van der Waals surface area contributed by atoms with E-state index in [-0.39, 0.29) is 27.9 Å². The molecule has 0 atom stereocenters. The summed E-state index contributed by atoms with van der Waals surface area (Å²) >= 11 is 11.6. The zero-order valence-electron chi connectivity index (χ0n) is 14.4. The van der Waals surface area contributed by atoms with Gasteiger partial charge >= 0.3 is 0 Å². The number of phenolic OH excluding ortho intramolecular Hbond substituents is 2.